The van der Waals surface area contributed by atoms with Gasteiger partial charge in [-0.2, -0.15) is 13.2 Å². The second-order valence-electron chi connectivity index (χ2n) is 8.28. The maximum Gasteiger partial charge on any atom is 0.416 e. The first-order valence-electron chi connectivity index (χ1n) is 11.7. The third-order valence-electron chi connectivity index (χ3n) is 5.75. The summed E-state index contributed by atoms with van der Waals surface area (Å²) in [5, 5.41) is 10.8. The van der Waals surface area contributed by atoms with Crippen LogP contribution in [0.3, 0.4) is 0 Å². The second-order valence-corrected chi connectivity index (χ2v) is 8.28. The van der Waals surface area contributed by atoms with Gasteiger partial charge in [-0.3, -0.25) is 4.79 Å². The Labute approximate surface area is 213 Å². The van der Waals surface area contributed by atoms with E-state index >= 15 is 0 Å². The highest BCUT2D eigenvalue weighted by Crippen LogP contribution is 2.43. The number of phenols is 1. The molecule has 0 atom stereocenters. The molecule has 0 aromatic heterocycles. The number of hydrogen-bond donors (Lipinski definition) is 1. The molecule has 196 valence electrons. The van der Waals surface area contributed by atoms with Crippen LogP contribution in [-0.4, -0.2) is 35.2 Å². The van der Waals surface area contributed by atoms with E-state index in [1.807, 2.05) is 6.07 Å². The molecule has 1 N–H and O–H groups in total. The highest BCUT2D eigenvalue weighted by atomic mass is 19.4. The zero-order valence-electron chi connectivity index (χ0n) is 20.5. The van der Waals surface area contributed by atoms with Gasteiger partial charge in [0.05, 0.1) is 18.7 Å². The lowest BCUT2D eigenvalue weighted by molar-refractivity contribution is -0.141. The molecule has 6 nitrogen and oxygen atoms in total. The number of esters is 1. The van der Waals surface area contributed by atoms with Gasteiger partial charge in [0, 0.05) is 25.5 Å². The number of carbonyl (C=O) groups excluding carboxylic acids is 2. The molecule has 0 fully saturated rings. The predicted molar refractivity (Wildman–Crippen MR) is 132 cm³/mol. The number of phenolic OH excluding ortho intramolecular Hbond substituents is 1. The average Bonchev–Trinajstić information content (AvgIpc) is 2.87. The van der Waals surface area contributed by atoms with Gasteiger partial charge in [-0.15, -0.1) is 0 Å². The number of halogens is 3. The van der Waals surface area contributed by atoms with Gasteiger partial charge in [0.2, 0.25) is 0 Å². The number of benzene rings is 3. The van der Waals surface area contributed by atoms with Gasteiger partial charge >= 0.3 is 18.2 Å². The van der Waals surface area contributed by atoms with E-state index in [1.165, 1.54) is 11.8 Å². The molecule has 3 aromatic carbocycles. The van der Waals surface area contributed by atoms with Crippen molar-refractivity contribution in [1.29, 1.82) is 0 Å². The molecule has 0 aliphatic heterocycles. The Morgan fingerprint density at radius 3 is 2.14 bits per heavy atom. The predicted octanol–water partition coefficient (Wildman–Crippen LogP) is 6.34. The summed E-state index contributed by atoms with van der Waals surface area (Å²) in [6.45, 7) is 2.42. The van der Waals surface area contributed by atoms with E-state index < -0.39 is 29.6 Å². The lowest BCUT2D eigenvalue weighted by Crippen LogP contribution is -2.32. The van der Waals surface area contributed by atoms with E-state index in [4.69, 9.17) is 9.47 Å². The van der Waals surface area contributed by atoms with Crippen molar-refractivity contribution in [1.82, 2.24) is 4.90 Å². The molecule has 0 unspecified atom stereocenters. The summed E-state index contributed by atoms with van der Waals surface area (Å²) >= 11 is 0. The van der Waals surface area contributed by atoms with Crippen LogP contribution in [0, 0.1) is 0 Å². The molecule has 0 spiro atoms. The van der Waals surface area contributed by atoms with Crippen LogP contribution in [0.5, 0.6) is 5.75 Å². The molecule has 0 saturated heterocycles. The van der Waals surface area contributed by atoms with Crippen LogP contribution >= 0.6 is 0 Å². The van der Waals surface area contributed by atoms with Crippen LogP contribution < -0.4 is 0 Å². The number of ether oxygens (including phenoxy) is 2. The van der Waals surface area contributed by atoms with Crippen LogP contribution in [0.15, 0.2) is 66.7 Å². The fourth-order valence-corrected chi connectivity index (χ4v) is 4.01. The lowest BCUT2D eigenvalue weighted by Gasteiger charge is -2.27. The number of alkyl halides is 3. The van der Waals surface area contributed by atoms with E-state index in [0.29, 0.717) is 11.6 Å². The highest BCUT2D eigenvalue weighted by Gasteiger charge is 2.37. The largest absolute Gasteiger partial charge is 0.507 e. The Bertz CT molecular complexity index is 1210. The standard InChI is InChI=1S/C28H28F3NO5/c1-3-32(27(35)37-18-20-10-6-4-7-11-20)17-23-22(14-15-36-19(2)33)24(28(29,30)31)16-25(34)26(23)21-12-8-5-9-13-21/h4-13,16,34H,3,14-15,17-18H2,1-2H3. The quantitative estimate of drug-likeness (QED) is 0.337. The SMILES string of the molecule is CCN(Cc1c(CCOC(C)=O)c(C(F)(F)F)cc(O)c1-c1ccccc1)C(=O)OCc1ccccc1. The third kappa shape index (κ3) is 7.25. The summed E-state index contributed by atoms with van der Waals surface area (Å²) in [7, 11) is 0. The first-order chi connectivity index (χ1) is 17.6. The fraction of sp³-hybridized carbons (Fsp3) is 0.286. The first kappa shape index (κ1) is 27.6. The summed E-state index contributed by atoms with van der Waals surface area (Å²) in [6.07, 6.45) is -5.77. The molecule has 0 saturated carbocycles. The van der Waals surface area contributed by atoms with Gasteiger partial charge in [-0.1, -0.05) is 60.7 Å². The molecule has 0 radical (unpaired) electrons. The van der Waals surface area contributed by atoms with Gasteiger partial charge in [0.1, 0.15) is 12.4 Å². The zero-order valence-corrected chi connectivity index (χ0v) is 20.5. The van der Waals surface area contributed by atoms with Crippen molar-refractivity contribution in [2.24, 2.45) is 0 Å². The Morgan fingerprint density at radius 1 is 0.946 bits per heavy atom. The third-order valence-corrected chi connectivity index (χ3v) is 5.75. The summed E-state index contributed by atoms with van der Waals surface area (Å²) in [5.41, 5.74) is 0.284. The molecule has 3 aromatic rings. The summed E-state index contributed by atoms with van der Waals surface area (Å²) in [4.78, 5) is 25.5. The van der Waals surface area contributed by atoms with Crippen LogP contribution in [-0.2, 0) is 40.0 Å². The van der Waals surface area contributed by atoms with Crippen molar-refractivity contribution in [2.75, 3.05) is 13.2 Å². The average molecular weight is 516 g/mol. The topological polar surface area (TPSA) is 76.1 Å². The van der Waals surface area contributed by atoms with E-state index in [-0.39, 0.29) is 49.4 Å². The molecule has 0 aliphatic carbocycles. The van der Waals surface area contributed by atoms with Crippen LogP contribution in [0.25, 0.3) is 11.1 Å². The molecule has 9 heteroatoms. The number of rotatable bonds is 9. The minimum atomic E-state index is -4.79. The Hall–Kier alpha value is -4.01. The molecule has 0 heterocycles. The monoisotopic (exact) mass is 515 g/mol. The molecule has 0 aliphatic rings. The van der Waals surface area contributed by atoms with Crippen molar-refractivity contribution >= 4 is 12.1 Å². The molecular formula is C28H28F3NO5. The van der Waals surface area contributed by atoms with Crippen molar-refractivity contribution in [2.45, 2.75) is 39.6 Å². The maximum absolute atomic E-state index is 14.1. The second kappa shape index (κ2) is 12.3. The fourth-order valence-electron chi connectivity index (χ4n) is 4.01. The molecule has 1 amide bonds. The maximum atomic E-state index is 14.1. The molecule has 0 bridgehead atoms. The van der Waals surface area contributed by atoms with Crippen molar-refractivity contribution in [3.05, 3.63) is 89.0 Å². The van der Waals surface area contributed by atoms with Gasteiger partial charge < -0.3 is 19.5 Å². The van der Waals surface area contributed by atoms with Gasteiger partial charge in [-0.25, -0.2) is 4.79 Å². The highest BCUT2D eigenvalue weighted by molar-refractivity contribution is 5.77. The van der Waals surface area contributed by atoms with Crippen molar-refractivity contribution < 1.29 is 37.3 Å². The number of amides is 1. The normalized spacial score (nSPS) is 11.2. The van der Waals surface area contributed by atoms with Crippen LogP contribution in [0.4, 0.5) is 18.0 Å². The minimum Gasteiger partial charge on any atom is -0.507 e. The Balaban J connectivity index is 2.07. The van der Waals surface area contributed by atoms with E-state index in [1.54, 1.807) is 61.5 Å². The summed E-state index contributed by atoms with van der Waals surface area (Å²) in [5.74, 6) is -1.20. The molecule has 37 heavy (non-hydrogen) atoms. The number of hydrogen-bond acceptors (Lipinski definition) is 5. The van der Waals surface area contributed by atoms with Crippen molar-refractivity contribution in [3.8, 4) is 16.9 Å². The first-order valence-corrected chi connectivity index (χ1v) is 11.7. The van der Waals surface area contributed by atoms with Gasteiger partial charge in [0.15, 0.2) is 0 Å². The van der Waals surface area contributed by atoms with Crippen LogP contribution in [0.2, 0.25) is 0 Å². The van der Waals surface area contributed by atoms with Gasteiger partial charge in [0.25, 0.3) is 0 Å². The number of aromatic hydroxyl groups is 1. The Morgan fingerprint density at radius 2 is 1.57 bits per heavy atom. The van der Waals surface area contributed by atoms with Crippen LogP contribution in [0.1, 0.15) is 36.1 Å². The number of carbonyl (C=O) groups is 2. The van der Waals surface area contributed by atoms with Gasteiger partial charge in [-0.05, 0) is 35.2 Å². The van der Waals surface area contributed by atoms with E-state index in [0.717, 1.165) is 5.56 Å². The van der Waals surface area contributed by atoms with E-state index in [9.17, 15) is 27.9 Å². The summed E-state index contributed by atoms with van der Waals surface area (Å²) < 4.78 is 52.6. The molecular weight excluding hydrogens is 487 g/mol. The smallest absolute Gasteiger partial charge is 0.416 e. The molecule has 3 rings (SSSR count). The zero-order chi connectivity index (χ0) is 27.0. The minimum absolute atomic E-state index is 0.00509. The van der Waals surface area contributed by atoms with E-state index in [2.05, 4.69) is 0 Å². The lowest BCUT2D eigenvalue weighted by atomic mass is 9.88. The number of nitrogens with zero attached hydrogens (tertiary/aromatic N) is 1. The van der Waals surface area contributed by atoms with Crippen molar-refractivity contribution in [3.63, 3.8) is 0 Å². The Kier molecular flexibility index (Phi) is 9.16. The summed E-state index contributed by atoms with van der Waals surface area (Å²) in [6, 6.07) is 18.1.